The average molecular weight is 257 g/mol. The van der Waals surface area contributed by atoms with Crippen molar-refractivity contribution in [2.75, 3.05) is 25.6 Å². The highest BCUT2D eigenvalue weighted by molar-refractivity contribution is 6.31. The molecule has 0 aliphatic rings. The van der Waals surface area contributed by atoms with E-state index in [1.54, 1.807) is 0 Å². The van der Waals surface area contributed by atoms with Crippen LogP contribution in [0.25, 0.3) is 0 Å². The minimum absolute atomic E-state index is 0.0277. The normalized spacial score (nSPS) is 13.6. The minimum atomic E-state index is -0.386. The molecule has 0 radical (unpaired) electrons. The molecule has 3 N–H and O–H groups in total. The highest BCUT2D eigenvalue weighted by atomic mass is 35.5. The van der Waals surface area contributed by atoms with Gasteiger partial charge in [-0.2, -0.15) is 0 Å². The molecule has 4 heteroatoms. The lowest BCUT2D eigenvalue weighted by atomic mass is 9.82. The van der Waals surface area contributed by atoms with Crippen LogP contribution in [0.2, 0.25) is 5.02 Å². The molecular formula is C13H21ClN2O. The van der Waals surface area contributed by atoms with Gasteiger partial charge in [-0.1, -0.05) is 31.5 Å². The fraction of sp³-hybridized carbons (Fsp3) is 0.538. The number of hydrogen-bond donors (Lipinski definition) is 2. The zero-order valence-corrected chi connectivity index (χ0v) is 11.6. The van der Waals surface area contributed by atoms with Gasteiger partial charge in [0.25, 0.3) is 0 Å². The first kappa shape index (κ1) is 14.3. The Morgan fingerprint density at radius 3 is 2.41 bits per heavy atom. The number of anilines is 1. The summed E-state index contributed by atoms with van der Waals surface area (Å²) in [5.41, 5.74) is 7.67. The smallest absolute Gasteiger partial charge is 0.0500 e. The number of nitrogens with zero attached hydrogens (tertiary/aromatic N) is 1. The summed E-state index contributed by atoms with van der Waals surface area (Å²) >= 11 is 6.24. The van der Waals surface area contributed by atoms with E-state index in [0.29, 0.717) is 5.02 Å². The third kappa shape index (κ3) is 3.12. The molecule has 0 unspecified atom stereocenters. The third-order valence-electron chi connectivity index (χ3n) is 3.08. The summed E-state index contributed by atoms with van der Waals surface area (Å²) < 4.78 is 0. The Hall–Kier alpha value is -0.770. The van der Waals surface area contributed by atoms with Crippen LogP contribution in [0.4, 0.5) is 5.69 Å². The third-order valence-corrected chi connectivity index (χ3v) is 3.41. The molecule has 1 aromatic rings. The molecule has 1 rings (SSSR count). The van der Waals surface area contributed by atoms with Gasteiger partial charge in [0.1, 0.15) is 0 Å². The summed E-state index contributed by atoms with van der Waals surface area (Å²) in [6.45, 7) is 3.88. The van der Waals surface area contributed by atoms with Crippen LogP contribution in [-0.2, 0) is 0 Å². The minimum Gasteiger partial charge on any atom is -0.396 e. The molecule has 0 fully saturated rings. The van der Waals surface area contributed by atoms with Crippen LogP contribution in [-0.4, -0.2) is 25.8 Å². The monoisotopic (exact) mass is 256 g/mol. The number of benzene rings is 1. The van der Waals surface area contributed by atoms with Gasteiger partial charge in [0, 0.05) is 42.9 Å². The quantitative estimate of drug-likeness (QED) is 0.870. The lowest BCUT2D eigenvalue weighted by Gasteiger charge is -2.30. The molecular weight excluding hydrogens is 236 g/mol. The van der Waals surface area contributed by atoms with Crippen molar-refractivity contribution < 1.29 is 5.11 Å². The molecule has 0 saturated carbocycles. The fourth-order valence-corrected chi connectivity index (χ4v) is 1.86. The first-order valence-electron chi connectivity index (χ1n) is 5.63. The Balaban J connectivity index is 3.08. The molecule has 0 amide bonds. The Morgan fingerprint density at radius 2 is 2.00 bits per heavy atom. The van der Waals surface area contributed by atoms with Crippen molar-refractivity contribution >= 4 is 17.3 Å². The van der Waals surface area contributed by atoms with Gasteiger partial charge in [0.15, 0.2) is 0 Å². The molecule has 0 aliphatic carbocycles. The number of rotatable bonds is 4. The SMILES string of the molecule is CN(C)c1ccc([C@@H](N)C(C)(C)CO)c(Cl)c1. The van der Waals surface area contributed by atoms with Gasteiger partial charge < -0.3 is 15.7 Å². The van der Waals surface area contributed by atoms with E-state index in [1.807, 2.05) is 51.0 Å². The average Bonchev–Trinajstić information content (AvgIpc) is 2.27. The van der Waals surface area contributed by atoms with E-state index >= 15 is 0 Å². The summed E-state index contributed by atoms with van der Waals surface area (Å²) in [5, 5.41) is 9.97. The molecule has 0 aromatic heterocycles. The second kappa shape index (κ2) is 5.25. The van der Waals surface area contributed by atoms with Crippen LogP contribution in [0.5, 0.6) is 0 Å². The van der Waals surface area contributed by atoms with Crippen molar-refractivity contribution in [2.45, 2.75) is 19.9 Å². The van der Waals surface area contributed by atoms with Gasteiger partial charge >= 0.3 is 0 Å². The molecule has 0 saturated heterocycles. The molecule has 1 atom stereocenters. The first-order valence-corrected chi connectivity index (χ1v) is 6.00. The van der Waals surface area contributed by atoms with Gasteiger partial charge in [-0.3, -0.25) is 0 Å². The Kier molecular flexibility index (Phi) is 4.42. The molecule has 0 heterocycles. The van der Waals surface area contributed by atoms with Crippen molar-refractivity contribution in [3.05, 3.63) is 28.8 Å². The van der Waals surface area contributed by atoms with E-state index in [1.165, 1.54) is 0 Å². The second-order valence-corrected chi connectivity index (χ2v) is 5.63. The zero-order valence-electron chi connectivity index (χ0n) is 10.9. The molecule has 17 heavy (non-hydrogen) atoms. The first-order chi connectivity index (χ1) is 7.79. The van der Waals surface area contributed by atoms with Crippen LogP contribution < -0.4 is 10.6 Å². The number of hydrogen-bond acceptors (Lipinski definition) is 3. The van der Waals surface area contributed by atoms with Crippen LogP contribution >= 0.6 is 11.6 Å². The van der Waals surface area contributed by atoms with Gasteiger partial charge in [0.2, 0.25) is 0 Å². The maximum atomic E-state index is 9.33. The van der Waals surface area contributed by atoms with Crippen molar-refractivity contribution in [1.82, 2.24) is 0 Å². The highest BCUT2D eigenvalue weighted by Gasteiger charge is 2.28. The predicted molar refractivity (Wildman–Crippen MR) is 73.6 cm³/mol. The molecule has 3 nitrogen and oxygen atoms in total. The topological polar surface area (TPSA) is 49.5 Å². The van der Waals surface area contributed by atoms with Crippen LogP contribution in [0, 0.1) is 5.41 Å². The molecule has 0 bridgehead atoms. The Morgan fingerprint density at radius 1 is 1.41 bits per heavy atom. The largest absolute Gasteiger partial charge is 0.396 e. The standard InChI is InChI=1S/C13H21ClN2O/c1-13(2,8-17)12(15)10-6-5-9(16(3)4)7-11(10)14/h5-7,12,17H,8,15H2,1-4H3/t12-/m1/s1. The predicted octanol–water partition coefficient (Wildman–Crippen LogP) is 2.42. The summed E-state index contributed by atoms with van der Waals surface area (Å²) in [6.07, 6.45) is 0. The Labute approximate surface area is 108 Å². The van der Waals surface area contributed by atoms with Gasteiger partial charge in [-0.15, -0.1) is 0 Å². The summed E-state index contributed by atoms with van der Waals surface area (Å²) in [7, 11) is 3.92. The van der Waals surface area contributed by atoms with Crippen molar-refractivity contribution in [1.29, 1.82) is 0 Å². The maximum absolute atomic E-state index is 9.33. The number of aliphatic hydroxyl groups excluding tert-OH is 1. The van der Waals surface area contributed by atoms with Crippen molar-refractivity contribution in [3.63, 3.8) is 0 Å². The Bertz CT molecular complexity index is 391. The molecule has 1 aromatic carbocycles. The van der Waals surface area contributed by atoms with Crippen molar-refractivity contribution in [2.24, 2.45) is 11.1 Å². The van der Waals surface area contributed by atoms with E-state index in [9.17, 15) is 5.11 Å². The van der Waals surface area contributed by atoms with E-state index in [-0.39, 0.29) is 18.1 Å². The molecule has 0 aliphatic heterocycles. The van der Waals surface area contributed by atoms with E-state index < -0.39 is 0 Å². The van der Waals surface area contributed by atoms with E-state index in [4.69, 9.17) is 17.3 Å². The second-order valence-electron chi connectivity index (χ2n) is 5.22. The van der Waals surface area contributed by atoms with Gasteiger partial charge in [-0.05, 0) is 17.7 Å². The maximum Gasteiger partial charge on any atom is 0.0500 e. The summed E-state index contributed by atoms with van der Waals surface area (Å²) in [5.74, 6) is 0. The van der Waals surface area contributed by atoms with Crippen LogP contribution in [0.1, 0.15) is 25.5 Å². The fourth-order valence-electron chi connectivity index (χ4n) is 1.57. The van der Waals surface area contributed by atoms with Gasteiger partial charge in [-0.25, -0.2) is 0 Å². The lowest BCUT2D eigenvalue weighted by molar-refractivity contribution is 0.132. The summed E-state index contributed by atoms with van der Waals surface area (Å²) in [6, 6.07) is 5.52. The number of nitrogens with two attached hydrogens (primary N) is 1. The molecule has 96 valence electrons. The summed E-state index contributed by atoms with van der Waals surface area (Å²) in [4.78, 5) is 1.98. The van der Waals surface area contributed by atoms with Crippen molar-refractivity contribution in [3.8, 4) is 0 Å². The van der Waals surface area contributed by atoms with Crippen LogP contribution in [0.15, 0.2) is 18.2 Å². The number of aliphatic hydroxyl groups is 1. The van der Waals surface area contributed by atoms with E-state index in [0.717, 1.165) is 11.3 Å². The highest BCUT2D eigenvalue weighted by Crippen LogP contribution is 2.35. The lowest BCUT2D eigenvalue weighted by Crippen LogP contribution is -2.32. The van der Waals surface area contributed by atoms with E-state index in [2.05, 4.69) is 0 Å². The molecule has 0 spiro atoms. The number of halogens is 1. The zero-order chi connectivity index (χ0) is 13.2. The van der Waals surface area contributed by atoms with Gasteiger partial charge in [0.05, 0.1) is 0 Å². The van der Waals surface area contributed by atoms with Crippen LogP contribution in [0.3, 0.4) is 0 Å².